The van der Waals surface area contributed by atoms with Gasteiger partial charge >= 0.3 is 0 Å². The Bertz CT molecular complexity index is 696. The van der Waals surface area contributed by atoms with Gasteiger partial charge in [-0.05, 0) is 23.8 Å². The molecule has 0 radical (unpaired) electrons. The second-order valence-corrected chi connectivity index (χ2v) is 5.95. The number of benzene rings is 1. The van der Waals surface area contributed by atoms with E-state index in [1.54, 1.807) is 0 Å². The monoisotopic (exact) mass is 263 g/mol. The molecule has 1 aliphatic rings. The molecule has 3 heteroatoms. The van der Waals surface area contributed by atoms with Crippen molar-refractivity contribution in [3.8, 4) is 6.07 Å². The van der Waals surface area contributed by atoms with Crippen LogP contribution in [0.5, 0.6) is 0 Å². The van der Waals surface area contributed by atoms with Gasteiger partial charge in [0.15, 0.2) is 0 Å². The zero-order valence-electron chi connectivity index (χ0n) is 11.8. The highest BCUT2D eigenvalue weighted by molar-refractivity contribution is 5.59. The molecule has 0 saturated heterocycles. The summed E-state index contributed by atoms with van der Waals surface area (Å²) in [6.07, 6.45) is 2.74. The zero-order valence-corrected chi connectivity index (χ0v) is 11.8. The Morgan fingerprint density at radius 1 is 1.35 bits per heavy atom. The molecule has 2 aromatic rings. The van der Waals surface area contributed by atoms with Gasteiger partial charge in [0.25, 0.3) is 0 Å². The number of fused-ring (bicyclic) bond motifs is 1. The number of aromatic nitrogens is 1. The first-order valence-corrected chi connectivity index (χ1v) is 6.81. The smallest absolute Gasteiger partial charge is 0.0991 e. The molecular formula is C17H17N3. The van der Waals surface area contributed by atoms with Crippen LogP contribution in [-0.4, -0.2) is 11.5 Å². The van der Waals surface area contributed by atoms with Crippen LogP contribution in [0.4, 0.5) is 5.69 Å². The summed E-state index contributed by atoms with van der Waals surface area (Å²) in [6, 6.07) is 12.0. The lowest BCUT2D eigenvalue weighted by Gasteiger charge is -2.16. The minimum absolute atomic E-state index is 0.154. The average Bonchev–Trinajstić information content (AvgIpc) is 2.74. The van der Waals surface area contributed by atoms with E-state index in [2.05, 4.69) is 36.3 Å². The van der Waals surface area contributed by atoms with Crippen molar-refractivity contribution in [2.24, 2.45) is 0 Å². The van der Waals surface area contributed by atoms with E-state index in [4.69, 9.17) is 5.26 Å². The van der Waals surface area contributed by atoms with Crippen molar-refractivity contribution in [1.29, 1.82) is 5.26 Å². The fourth-order valence-electron chi connectivity index (χ4n) is 2.65. The minimum Gasteiger partial charge on any atom is -0.384 e. The molecule has 0 unspecified atom stereocenters. The van der Waals surface area contributed by atoms with E-state index in [0.717, 1.165) is 24.2 Å². The van der Waals surface area contributed by atoms with Crippen LogP contribution < -0.4 is 5.32 Å². The van der Waals surface area contributed by atoms with Crippen LogP contribution in [-0.2, 0) is 11.8 Å². The number of hydrogen-bond donors (Lipinski definition) is 1. The lowest BCUT2D eigenvalue weighted by Crippen LogP contribution is -2.19. The van der Waals surface area contributed by atoms with E-state index < -0.39 is 0 Å². The summed E-state index contributed by atoms with van der Waals surface area (Å²) in [4.78, 5) is 4.57. The van der Waals surface area contributed by atoms with Gasteiger partial charge in [-0.15, -0.1) is 0 Å². The average molecular weight is 263 g/mol. The third-order valence-corrected chi connectivity index (χ3v) is 3.85. The van der Waals surface area contributed by atoms with Crippen molar-refractivity contribution >= 4 is 5.69 Å². The van der Waals surface area contributed by atoms with Crippen LogP contribution in [0.15, 0.2) is 36.5 Å². The first kappa shape index (κ1) is 12.7. The molecular weight excluding hydrogens is 246 g/mol. The molecule has 3 rings (SSSR count). The third kappa shape index (κ3) is 2.25. The van der Waals surface area contributed by atoms with Crippen LogP contribution in [0.25, 0.3) is 0 Å². The van der Waals surface area contributed by atoms with Gasteiger partial charge in [0, 0.05) is 41.5 Å². The molecule has 1 N–H and O–H groups in total. The van der Waals surface area contributed by atoms with Gasteiger partial charge in [0.2, 0.25) is 0 Å². The van der Waals surface area contributed by atoms with Crippen molar-refractivity contribution in [2.45, 2.75) is 25.7 Å². The van der Waals surface area contributed by atoms with Gasteiger partial charge in [-0.1, -0.05) is 26.0 Å². The summed E-state index contributed by atoms with van der Waals surface area (Å²) in [5.74, 6) is 0. The molecule has 0 spiro atoms. The number of rotatable bonds is 2. The lowest BCUT2D eigenvalue weighted by molar-refractivity contribution is 0.584. The summed E-state index contributed by atoms with van der Waals surface area (Å²) >= 11 is 0. The Hall–Kier alpha value is -2.34. The third-order valence-electron chi connectivity index (χ3n) is 3.85. The normalized spacial score (nSPS) is 15.2. The summed E-state index contributed by atoms with van der Waals surface area (Å²) in [5.41, 5.74) is 5.48. The highest BCUT2D eigenvalue weighted by atomic mass is 14.9. The lowest BCUT2D eigenvalue weighted by atomic mass is 9.88. The minimum atomic E-state index is 0.154. The van der Waals surface area contributed by atoms with Crippen LogP contribution >= 0.6 is 0 Å². The Kier molecular flexibility index (Phi) is 2.94. The maximum atomic E-state index is 8.94. The van der Waals surface area contributed by atoms with Crippen molar-refractivity contribution in [3.05, 3.63) is 58.9 Å². The quantitative estimate of drug-likeness (QED) is 0.904. The second-order valence-electron chi connectivity index (χ2n) is 5.95. The van der Waals surface area contributed by atoms with E-state index >= 15 is 0 Å². The summed E-state index contributed by atoms with van der Waals surface area (Å²) in [7, 11) is 0. The van der Waals surface area contributed by atoms with Gasteiger partial charge in [0.1, 0.15) is 0 Å². The summed E-state index contributed by atoms with van der Waals surface area (Å²) in [5, 5.41) is 12.4. The van der Waals surface area contributed by atoms with Gasteiger partial charge < -0.3 is 5.32 Å². The molecule has 0 bridgehead atoms. The molecule has 0 amide bonds. The Balaban J connectivity index is 1.88. The van der Waals surface area contributed by atoms with E-state index in [9.17, 15) is 0 Å². The number of nitriles is 1. The number of hydrogen-bond acceptors (Lipinski definition) is 3. The van der Waals surface area contributed by atoms with Gasteiger partial charge in [0.05, 0.1) is 11.6 Å². The largest absolute Gasteiger partial charge is 0.384 e. The molecule has 0 aliphatic carbocycles. The van der Waals surface area contributed by atoms with E-state index in [1.165, 1.54) is 11.3 Å². The topological polar surface area (TPSA) is 48.7 Å². The summed E-state index contributed by atoms with van der Waals surface area (Å²) in [6.45, 7) is 5.41. The highest BCUT2D eigenvalue weighted by Crippen LogP contribution is 2.35. The predicted molar refractivity (Wildman–Crippen MR) is 79.7 cm³/mol. The maximum Gasteiger partial charge on any atom is 0.0991 e. The number of anilines is 1. The molecule has 0 fully saturated rings. The standard InChI is InChI=1S/C17H17N3/c1-17(2)11-20-16-8-14(19-10-15(16)17)7-12-4-3-5-13(6-12)9-18/h3-6,8,10,20H,7,11H2,1-2H3. The molecule has 1 aliphatic heterocycles. The molecule has 0 saturated carbocycles. The SMILES string of the molecule is CC1(C)CNc2cc(Cc3cccc(C#N)c3)ncc21. The fourth-order valence-corrected chi connectivity index (χ4v) is 2.65. The second kappa shape index (κ2) is 4.64. The molecule has 20 heavy (non-hydrogen) atoms. The highest BCUT2D eigenvalue weighted by Gasteiger charge is 2.29. The maximum absolute atomic E-state index is 8.94. The molecule has 100 valence electrons. The summed E-state index contributed by atoms with van der Waals surface area (Å²) < 4.78 is 0. The Morgan fingerprint density at radius 2 is 2.20 bits per heavy atom. The van der Waals surface area contributed by atoms with Crippen molar-refractivity contribution in [2.75, 3.05) is 11.9 Å². The first-order valence-electron chi connectivity index (χ1n) is 6.81. The van der Waals surface area contributed by atoms with Crippen LogP contribution in [0.3, 0.4) is 0 Å². The molecule has 0 atom stereocenters. The van der Waals surface area contributed by atoms with Crippen LogP contribution in [0.2, 0.25) is 0 Å². The van der Waals surface area contributed by atoms with Gasteiger partial charge in [-0.2, -0.15) is 5.26 Å². The van der Waals surface area contributed by atoms with Crippen molar-refractivity contribution < 1.29 is 0 Å². The van der Waals surface area contributed by atoms with E-state index in [-0.39, 0.29) is 5.41 Å². The first-order chi connectivity index (χ1) is 9.58. The van der Waals surface area contributed by atoms with Crippen molar-refractivity contribution in [1.82, 2.24) is 4.98 Å². The van der Waals surface area contributed by atoms with Crippen LogP contribution in [0.1, 0.15) is 36.2 Å². The molecule has 3 nitrogen and oxygen atoms in total. The predicted octanol–water partition coefficient (Wildman–Crippen LogP) is 3.25. The Labute approximate surface area is 119 Å². The zero-order chi connectivity index (χ0) is 14.2. The molecule has 1 aromatic heterocycles. The molecule has 1 aromatic carbocycles. The van der Waals surface area contributed by atoms with Gasteiger partial charge in [-0.25, -0.2) is 0 Å². The van der Waals surface area contributed by atoms with Crippen molar-refractivity contribution in [3.63, 3.8) is 0 Å². The van der Waals surface area contributed by atoms with E-state index in [1.807, 2.05) is 30.5 Å². The number of pyridine rings is 1. The van der Waals surface area contributed by atoms with E-state index in [0.29, 0.717) is 5.56 Å². The van der Waals surface area contributed by atoms with Crippen LogP contribution in [0, 0.1) is 11.3 Å². The Morgan fingerprint density at radius 3 is 3.00 bits per heavy atom. The molecule has 2 heterocycles. The number of nitrogens with zero attached hydrogens (tertiary/aromatic N) is 2. The van der Waals surface area contributed by atoms with Gasteiger partial charge in [-0.3, -0.25) is 4.98 Å². The number of nitrogens with one attached hydrogen (secondary N) is 1. The fraction of sp³-hybridized carbons (Fsp3) is 0.294.